The molecule has 32 heavy (non-hydrogen) atoms. The molecule has 0 aliphatic carbocycles. The van der Waals surface area contributed by atoms with Crippen molar-refractivity contribution in [3.8, 4) is 0 Å². The number of hydroxylamine groups is 1. The fourth-order valence-electron chi connectivity index (χ4n) is 3.11. The van der Waals surface area contributed by atoms with Crippen molar-refractivity contribution in [2.75, 3.05) is 13.2 Å². The van der Waals surface area contributed by atoms with E-state index in [-0.39, 0.29) is 32.1 Å². The van der Waals surface area contributed by atoms with Crippen molar-refractivity contribution in [1.29, 1.82) is 0 Å². The molecular formula is C25H34N2O5. The van der Waals surface area contributed by atoms with Crippen molar-refractivity contribution in [1.82, 2.24) is 10.4 Å². The Balaban J connectivity index is 1.93. The van der Waals surface area contributed by atoms with Crippen molar-refractivity contribution >= 4 is 12.0 Å². The summed E-state index contributed by atoms with van der Waals surface area (Å²) in [5, 5.41) is 9.98. The number of amides is 2. The predicted octanol–water partition coefficient (Wildman–Crippen LogP) is 3.86. The standard InChI is InChI=1S/C25H34N2O5/c1-25(2,3)32-24(30)27(22(18-28)15-14-20-10-6-4-7-11-20)17-16-23(29)26-31-19-21-12-8-5-9-13-21/h4-13,22,28H,14-19H2,1-3H3,(H,26,29). The summed E-state index contributed by atoms with van der Waals surface area (Å²) in [6, 6.07) is 18.9. The minimum absolute atomic E-state index is 0.0237. The van der Waals surface area contributed by atoms with Gasteiger partial charge in [-0.25, -0.2) is 10.3 Å². The van der Waals surface area contributed by atoms with Crippen LogP contribution in [0.15, 0.2) is 60.7 Å². The molecule has 2 amide bonds. The Bertz CT molecular complexity index is 821. The van der Waals surface area contributed by atoms with Gasteiger partial charge in [-0.3, -0.25) is 9.63 Å². The maximum atomic E-state index is 12.8. The summed E-state index contributed by atoms with van der Waals surface area (Å²) in [7, 11) is 0. The zero-order valence-electron chi connectivity index (χ0n) is 19.1. The Morgan fingerprint density at radius 1 is 1.00 bits per heavy atom. The average Bonchev–Trinajstić information content (AvgIpc) is 2.76. The second-order valence-electron chi connectivity index (χ2n) is 8.58. The molecule has 0 bridgehead atoms. The number of aliphatic hydroxyl groups is 1. The molecule has 0 heterocycles. The van der Waals surface area contributed by atoms with Crippen LogP contribution < -0.4 is 5.48 Å². The van der Waals surface area contributed by atoms with Gasteiger partial charge in [-0.05, 0) is 44.7 Å². The Morgan fingerprint density at radius 3 is 2.16 bits per heavy atom. The van der Waals surface area contributed by atoms with Crippen LogP contribution in [0.4, 0.5) is 4.79 Å². The largest absolute Gasteiger partial charge is 0.444 e. The van der Waals surface area contributed by atoms with Gasteiger partial charge in [0.25, 0.3) is 0 Å². The van der Waals surface area contributed by atoms with Crippen LogP contribution in [0.5, 0.6) is 0 Å². The van der Waals surface area contributed by atoms with E-state index < -0.39 is 17.7 Å². The van der Waals surface area contributed by atoms with Crippen LogP contribution in [0, 0.1) is 0 Å². The van der Waals surface area contributed by atoms with Crippen LogP contribution in [0.3, 0.4) is 0 Å². The van der Waals surface area contributed by atoms with E-state index >= 15 is 0 Å². The average molecular weight is 443 g/mol. The van der Waals surface area contributed by atoms with Crippen molar-refractivity contribution in [2.45, 2.75) is 58.3 Å². The molecular weight excluding hydrogens is 408 g/mol. The lowest BCUT2D eigenvalue weighted by Crippen LogP contribution is -2.46. The Hall–Kier alpha value is -2.90. The highest BCUT2D eigenvalue weighted by molar-refractivity contribution is 5.76. The number of aliphatic hydroxyl groups excluding tert-OH is 1. The number of aryl methyl sites for hydroxylation is 1. The van der Waals surface area contributed by atoms with Gasteiger partial charge in [0.05, 0.1) is 19.3 Å². The molecule has 0 saturated carbocycles. The molecule has 7 heteroatoms. The monoisotopic (exact) mass is 442 g/mol. The highest BCUT2D eigenvalue weighted by Crippen LogP contribution is 2.16. The quantitative estimate of drug-likeness (QED) is 0.516. The predicted molar refractivity (Wildman–Crippen MR) is 123 cm³/mol. The SMILES string of the molecule is CC(C)(C)OC(=O)N(CCC(=O)NOCc1ccccc1)C(CO)CCc1ccccc1. The van der Waals surface area contributed by atoms with Crippen molar-refractivity contribution in [3.63, 3.8) is 0 Å². The smallest absolute Gasteiger partial charge is 0.410 e. The van der Waals surface area contributed by atoms with Gasteiger partial charge in [0.1, 0.15) is 5.60 Å². The minimum atomic E-state index is -0.685. The van der Waals surface area contributed by atoms with Crippen LogP contribution in [-0.2, 0) is 27.4 Å². The molecule has 0 spiro atoms. The Labute approximate surface area is 190 Å². The van der Waals surface area contributed by atoms with Crippen LogP contribution in [0.1, 0.15) is 44.7 Å². The lowest BCUT2D eigenvalue weighted by molar-refractivity contribution is -0.135. The summed E-state index contributed by atoms with van der Waals surface area (Å²) in [6.07, 6.45) is 0.710. The number of rotatable bonds is 11. The first-order chi connectivity index (χ1) is 15.3. The van der Waals surface area contributed by atoms with E-state index in [2.05, 4.69) is 5.48 Å². The van der Waals surface area contributed by atoms with E-state index in [1.165, 1.54) is 4.90 Å². The van der Waals surface area contributed by atoms with E-state index in [4.69, 9.17) is 9.57 Å². The molecule has 2 rings (SSSR count). The highest BCUT2D eigenvalue weighted by atomic mass is 16.6. The third-order valence-corrected chi connectivity index (χ3v) is 4.74. The number of carbonyl (C=O) groups is 2. The van der Waals surface area contributed by atoms with Crippen LogP contribution >= 0.6 is 0 Å². The molecule has 0 fully saturated rings. The molecule has 174 valence electrons. The summed E-state index contributed by atoms with van der Waals surface area (Å²) < 4.78 is 5.52. The minimum Gasteiger partial charge on any atom is -0.444 e. The van der Waals surface area contributed by atoms with Crippen LogP contribution in [0.2, 0.25) is 0 Å². The van der Waals surface area contributed by atoms with Crippen LogP contribution in [-0.4, -0.2) is 46.8 Å². The zero-order valence-corrected chi connectivity index (χ0v) is 19.1. The van der Waals surface area contributed by atoms with E-state index in [1.54, 1.807) is 20.8 Å². The van der Waals surface area contributed by atoms with Gasteiger partial charge in [0, 0.05) is 13.0 Å². The second kappa shape index (κ2) is 12.8. The maximum Gasteiger partial charge on any atom is 0.410 e. The first-order valence-corrected chi connectivity index (χ1v) is 10.9. The number of hydrogen-bond donors (Lipinski definition) is 2. The summed E-state index contributed by atoms with van der Waals surface area (Å²) >= 11 is 0. The van der Waals surface area contributed by atoms with E-state index in [9.17, 15) is 14.7 Å². The van der Waals surface area contributed by atoms with Gasteiger partial charge in [-0.1, -0.05) is 60.7 Å². The highest BCUT2D eigenvalue weighted by Gasteiger charge is 2.28. The molecule has 0 radical (unpaired) electrons. The van der Waals surface area contributed by atoms with Crippen molar-refractivity contribution in [3.05, 3.63) is 71.8 Å². The number of hydrogen-bond acceptors (Lipinski definition) is 5. The lowest BCUT2D eigenvalue weighted by Gasteiger charge is -2.32. The summed E-state index contributed by atoms with van der Waals surface area (Å²) in [5.74, 6) is -0.353. The number of carbonyl (C=O) groups excluding carboxylic acids is 2. The van der Waals surface area contributed by atoms with Gasteiger partial charge < -0.3 is 14.7 Å². The number of nitrogens with one attached hydrogen (secondary N) is 1. The molecule has 0 aliphatic rings. The van der Waals surface area contributed by atoms with Gasteiger partial charge in [-0.2, -0.15) is 0 Å². The summed E-state index contributed by atoms with van der Waals surface area (Å²) in [5.41, 5.74) is 3.77. The molecule has 2 aromatic rings. The molecule has 0 aromatic heterocycles. The van der Waals surface area contributed by atoms with E-state index in [1.807, 2.05) is 60.7 Å². The van der Waals surface area contributed by atoms with Crippen LogP contribution in [0.25, 0.3) is 0 Å². The first kappa shape index (κ1) is 25.4. The molecule has 2 aromatic carbocycles. The third-order valence-electron chi connectivity index (χ3n) is 4.74. The van der Waals surface area contributed by atoms with Gasteiger partial charge >= 0.3 is 6.09 Å². The van der Waals surface area contributed by atoms with Crippen molar-refractivity contribution in [2.24, 2.45) is 0 Å². The fraction of sp³-hybridized carbons (Fsp3) is 0.440. The summed E-state index contributed by atoms with van der Waals surface area (Å²) in [6.45, 7) is 5.48. The maximum absolute atomic E-state index is 12.8. The van der Waals surface area contributed by atoms with Crippen molar-refractivity contribution < 1.29 is 24.3 Å². The third kappa shape index (κ3) is 9.49. The lowest BCUT2D eigenvalue weighted by atomic mass is 10.0. The molecule has 1 unspecified atom stereocenters. The van der Waals surface area contributed by atoms with E-state index in [0.29, 0.717) is 12.8 Å². The molecule has 0 aliphatic heterocycles. The Morgan fingerprint density at radius 2 is 1.59 bits per heavy atom. The van der Waals surface area contributed by atoms with E-state index in [0.717, 1.165) is 11.1 Å². The normalized spacial score (nSPS) is 12.1. The molecule has 7 nitrogen and oxygen atoms in total. The first-order valence-electron chi connectivity index (χ1n) is 10.9. The number of ether oxygens (including phenoxy) is 1. The van der Waals surface area contributed by atoms with Gasteiger partial charge in [-0.15, -0.1) is 0 Å². The fourth-order valence-corrected chi connectivity index (χ4v) is 3.11. The molecule has 2 N–H and O–H groups in total. The molecule has 0 saturated heterocycles. The zero-order chi connectivity index (χ0) is 23.4. The second-order valence-corrected chi connectivity index (χ2v) is 8.58. The topological polar surface area (TPSA) is 88.1 Å². The Kier molecular flexibility index (Phi) is 10.2. The summed E-state index contributed by atoms with van der Waals surface area (Å²) in [4.78, 5) is 31.8. The van der Waals surface area contributed by atoms with Gasteiger partial charge in [0.2, 0.25) is 5.91 Å². The van der Waals surface area contributed by atoms with Gasteiger partial charge in [0.15, 0.2) is 0 Å². The molecule has 1 atom stereocenters. The number of benzene rings is 2. The number of nitrogens with zero attached hydrogens (tertiary/aromatic N) is 1.